The lowest BCUT2D eigenvalue weighted by Crippen LogP contribution is -2.21. The van der Waals surface area contributed by atoms with E-state index < -0.39 is 0 Å². The van der Waals surface area contributed by atoms with Crippen LogP contribution in [0, 0.1) is 13.8 Å². The van der Waals surface area contributed by atoms with Crippen LogP contribution < -0.4 is 10.9 Å². The third-order valence-electron chi connectivity index (χ3n) is 4.17. The van der Waals surface area contributed by atoms with Gasteiger partial charge in [-0.3, -0.25) is 14.6 Å². The molecule has 1 aromatic carbocycles. The van der Waals surface area contributed by atoms with Gasteiger partial charge in [-0.05, 0) is 38.0 Å². The zero-order chi connectivity index (χ0) is 20.3. The number of H-pyrrole nitrogens is 1. The summed E-state index contributed by atoms with van der Waals surface area (Å²) < 4.78 is 1.41. The number of benzene rings is 1. The van der Waals surface area contributed by atoms with E-state index in [1.54, 1.807) is 32.1 Å². The normalized spacial score (nSPS) is 11.1. The van der Waals surface area contributed by atoms with Crippen LogP contribution in [-0.2, 0) is 11.2 Å². The van der Waals surface area contributed by atoms with Gasteiger partial charge in [0.15, 0.2) is 0 Å². The zero-order valence-electron chi connectivity index (χ0n) is 15.8. The summed E-state index contributed by atoms with van der Waals surface area (Å²) in [5.74, 6) is 0.293. The fourth-order valence-electron chi connectivity index (χ4n) is 2.81. The molecule has 144 valence electrons. The van der Waals surface area contributed by atoms with Crippen LogP contribution in [-0.4, -0.2) is 25.7 Å². The summed E-state index contributed by atoms with van der Waals surface area (Å²) in [6.45, 7) is 5.46. The van der Waals surface area contributed by atoms with Gasteiger partial charge in [0.25, 0.3) is 5.56 Å². The molecule has 0 spiro atoms. The zero-order valence-corrected chi connectivity index (χ0v) is 16.5. The highest BCUT2D eigenvalue weighted by Crippen LogP contribution is 2.17. The number of anilines is 1. The molecule has 0 bridgehead atoms. The predicted octanol–water partition coefficient (Wildman–Crippen LogP) is 3.44. The van der Waals surface area contributed by atoms with E-state index in [4.69, 9.17) is 11.6 Å². The summed E-state index contributed by atoms with van der Waals surface area (Å²) >= 11 is 6.09. The summed E-state index contributed by atoms with van der Waals surface area (Å²) in [4.78, 5) is 31.7. The van der Waals surface area contributed by atoms with Crippen LogP contribution in [0.2, 0.25) is 5.02 Å². The Bertz CT molecular complexity index is 1110. The first-order valence-electron chi connectivity index (χ1n) is 8.79. The number of aromatic amines is 1. The lowest BCUT2D eigenvalue weighted by Gasteiger charge is -2.09. The highest BCUT2D eigenvalue weighted by atomic mass is 35.5. The van der Waals surface area contributed by atoms with Gasteiger partial charge in [-0.15, -0.1) is 0 Å². The number of aryl methyl sites for hydroxylation is 2. The van der Waals surface area contributed by atoms with E-state index in [9.17, 15) is 9.59 Å². The second-order valence-corrected chi connectivity index (χ2v) is 6.64. The number of carbonyl (C=O) groups excluding carboxylic acids is 1. The monoisotopic (exact) mass is 397 g/mol. The number of aromatic nitrogens is 4. The summed E-state index contributed by atoms with van der Waals surface area (Å²) in [6, 6.07) is 8.92. The Labute approximate surface area is 167 Å². The van der Waals surface area contributed by atoms with Crippen LogP contribution in [0.5, 0.6) is 0 Å². The minimum atomic E-state index is -0.356. The first kappa shape index (κ1) is 19.6. The Balaban J connectivity index is 1.88. The molecule has 2 heterocycles. The number of halogens is 1. The molecule has 0 saturated carbocycles. The summed E-state index contributed by atoms with van der Waals surface area (Å²) in [6.07, 6.45) is 3.60. The maximum atomic E-state index is 12.3. The van der Waals surface area contributed by atoms with Gasteiger partial charge in [0, 0.05) is 28.4 Å². The maximum Gasteiger partial charge on any atom is 0.255 e. The molecule has 0 atom stereocenters. The van der Waals surface area contributed by atoms with Gasteiger partial charge in [0.1, 0.15) is 5.82 Å². The van der Waals surface area contributed by atoms with Gasteiger partial charge < -0.3 is 5.32 Å². The SMILES string of the molecule is CCc1c(C)nc(-n2nc(C)cc2NC(=O)/C=C/c2ccccc2Cl)[nH]c1=O. The fourth-order valence-corrected chi connectivity index (χ4v) is 3.00. The van der Waals surface area contributed by atoms with Crippen molar-refractivity contribution in [3.8, 4) is 5.95 Å². The molecule has 3 aromatic rings. The molecular weight excluding hydrogens is 378 g/mol. The smallest absolute Gasteiger partial charge is 0.255 e. The standard InChI is InChI=1S/C20H20ClN5O2/c1-4-15-13(3)22-20(24-19(15)28)26-17(11-12(2)25-26)23-18(27)10-9-14-7-5-6-8-16(14)21/h5-11H,4H2,1-3H3,(H,23,27)(H,22,24,28)/b10-9+. The average molecular weight is 398 g/mol. The molecule has 7 nitrogen and oxygen atoms in total. The summed E-state index contributed by atoms with van der Waals surface area (Å²) in [7, 11) is 0. The number of hydrogen-bond acceptors (Lipinski definition) is 4. The molecule has 28 heavy (non-hydrogen) atoms. The minimum Gasteiger partial charge on any atom is -0.307 e. The second-order valence-electron chi connectivity index (χ2n) is 6.23. The van der Waals surface area contributed by atoms with E-state index in [2.05, 4.69) is 20.4 Å². The quantitative estimate of drug-likeness (QED) is 0.645. The molecule has 3 rings (SSSR count). The van der Waals surface area contributed by atoms with Crippen molar-refractivity contribution in [3.63, 3.8) is 0 Å². The molecule has 0 fully saturated rings. The van der Waals surface area contributed by atoms with Crippen molar-refractivity contribution < 1.29 is 4.79 Å². The second kappa shape index (κ2) is 8.22. The summed E-state index contributed by atoms with van der Waals surface area (Å²) in [5.41, 5.74) is 2.45. The highest BCUT2D eigenvalue weighted by Gasteiger charge is 2.14. The molecule has 0 unspecified atom stereocenters. The Kier molecular flexibility index (Phi) is 5.75. The van der Waals surface area contributed by atoms with Crippen LogP contribution >= 0.6 is 11.6 Å². The van der Waals surface area contributed by atoms with Crippen LogP contribution in [0.4, 0.5) is 5.82 Å². The van der Waals surface area contributed by atoms with Gasteiger partial charge in [-0.25, -0.2) is 4.98 Å². The molecule has 2 aromatic heterocycles. The molecule has 0 aliphatic rings. The fraction of sp³-hybridized carbons (Fsp3) is 0.200. The van der Waals surface area contributed by atoms with Crippen molar-refractivity contribution in [2.75, 3.05) is 5.32 Å². The third-order valence-corrected chi connectivity index (χ3v) is 4.51. The Morgan fingerprint density at radius 3 is 2.75 bits per heavy atom. The minimum absolute atomic E-state index is 0.214. The molecule has 8 heteroatoms. The molecular formula is C20H20ClN5O2. The van der Waals surface area contributed by atoms with Crippen molar-refractivity contribution >= 4 is 29.4 Å². The van der Waals surface area contributed by atoms with Gasteiger partial charge >= 0.3 is 0 Å². The van der Waals surface area contributed by atoms with E-state index in [-0.39, 0.29) is 17.4 Å². The van der Waals surface area contributed by atoms with E-state index in [1.807, 2.05) is 25.1 Å². The first-order chi connectivity index (χ1) is 13.4. The van der Waals surface area contributed by atoms with E-state index >= 15 is 0 Å². The number of nitrogens with one attached hydrogen (secondary N) is 2. The Hall–Kier alpha value is -3.19. The van der Waals surface area contributed by atoms with Crippen molar-refractivity contribution in [3.05, 3.63) is 74.3 Å². The van der Waals surface area contributed by atoms with Gasteiger partial charge in [0.2, 0.25) is 11.9 Å². The molecule has 1 amide bonds. The summed E-state index contributed by atoms with van der Waals surface area (Å²) in [5, 5.41) is 7.64. The van der Waals surface area contributed by atoms with Gasteiger partial charge in [0.05, 0.1) is 5.69 Å². The molecule has 0 aliphatic carbocycles. The largest absolute Gasteiger partial charge is 0.307 e. The van der Waals surface area contributed by atoms with Crippen molar-refractivity contribution in [1.82, 2.24) is 19.7 Å². The van der Waals surface area contributed by atoms with Gasteiger partial charge in [-0.1, -0.05) is 36.7 Å². The number of hydrogen-bond donors (Lipinski definition) is 2. The van der Waals surface area contributed by atoms with E-state index in [0.717, 1.165) is 5.56 Å². The lowest BCUT2D eigenvalue weighted by atomic mass is 10.2. The number of rotatable bonds is 5. The van der Waals surface area contributed by atoms with Crippen molar-refractivity contribution in [2.45, 2.75) is 27.2 Å². The molecule has 0 saturated heterocycles. The van der Waals surface area contributed by atoms with E-state index in [1.165, 1.54) is 10.8 Å². The molecule has 0 aliphatic heterocycles. The predicted molar refractivity (Wildman–Crippen MR) is 110 cm³/mol. The lowest BCUT2D eigenvalue weighted by molar-refractivity contribution is -0.111. The first-order valence-corrected chi connectivity index (χ1v) is 9.17. The van der Waals surface area contributed by atoms with Gasteiger partial charge in [-0.2, -0.15) is 9.78 Å². The van der Waals surface area contributed by atoms with Crippen molar-refractivity contribution in [1.29, 1.82) is 0 Å². The van der Waals surface area contributed by atoms with Crippen LogP contribution in [0.1, 0.15) is 29.4 Å². The maximum absolute atomic E-state index is 12.3. The van der Waals surface area contributed by atoms with E-state index in [0.29, 0.717) is 34.2 Å². The topological polar surface area (TPSA) is 92.7 Å². The molecule has 2 N–H and O–H groups in total. The number of amides is 1. The average Bonchev–Trinajstić information content (AvgIpc) is 3.01. The highest BCUT2D eigenvalue weighted by molar-refractivity contribution is 6.32. The van der Waals surface area contributed by atoms with Crippen LogP contribution in [0.3, 0.4) is 0 Å². The van der Waals surface area contributed by atoms with Crippen LogP contribution in [0.25, 0.3) is 12.0 Å². The Morgan fingerprint density at radius 2 is 2.07 bits per heavy atom. The molecule has 0 radical (unpaired) electrons. The van der Waals surface area contributed by atoms with Crippen LogP contribution in [0.15, 0.2) is 41.2 Å². The third kappa shape index (κ3) is 4.20. The Morgan fingerprint density at radius 1 is 1.32 bits per heavy atom. The number of nitrogens with zero attached hydrogens (tertiary/aromatic N) is 3. The number of carbonyl (C=O) groups is 1. The van der Waals surface area contributed by atoms with Crippen molar-refractivity contribution in [2.24, 2.45) is 0 Å².